The van der Waals surface area contributed by atoms with E-state index in [1.165, 1.54) is 12.0 Å². The molecule has 0 saturated heterocycles. The van der Waals surface area contributed by atoms with E-state index in [0.717, 1.165) is 19.3 Å². The summed E-state index contributed by atoms with van der Waals surface area (Å²) in [6.07, 6.45) is 8.14. The number of carbonyl (C=O) groups excluding carboxylic acids is 1. The average Bonchev–Trinajstić information content (AvgIpc) is 2.64. The third-order valence-corrected chi connectivity index (χ3v) is 5.57. The van der Waals surface area contributed by atoms with E-state index in [0.29, 0.717) is 16.5 Å². The van der Waals surface area contributed by atoms with Gasteiger partial charge in [0.2, 0.25) is 0 Å². The number of nitrogens with one attached hydrogen (secondary N) is 1. The summed E-state index contributed by atoms with van der Waals surface area (Å²) >= 11 is 6.20. The van der Waals surface area contributed by atoms with Gasteiger partial charge in [-0.25, -0.2) is 0 Å². The maximum Gasteiger partial charge on any atom is 0.253 e. The molecule has 1 aliphatic rings. The Balaban J connectivity index is 1.83. The molecule has 1 heterocycles. The van der Waals surface area contributed by atoms with Gasteiger partial charge in [0.05, 0.1) is 10.6 Å². The van der Waals surface area contributed by atoms with E-state index in [-0.39, 0.29) is 18.0 Å². The van der Waals surface area contributed by atoms with Gasteiger partial charge in [0.25, 0.3) is 5.91 Å². The summed E-state index contributed by atoms with van der Waals surface area (Å²) in [5.41, 5.74) is 1.74. The zero-order chi connectivity index (χ0) is 18.5. The van der Waals surface area contributed by atoms with Crippen LogP contribution in [0.15, 0.2) is 48.8 Å². The molecule has 1 saturated carbocycles. The molecule has 5 heteroatoms. The number of amides is 1. The highest BCUT2D eigenvalue weighted by Gasteiger charge is 2.35. The van der Waals surface area contributed by atoms with Crippen molar-refractivity contribution in [3.63, 3.8) is 0 Å². The largest absolute Gasteiger partial charge is 0.349 e. The fraction of sp³-hybridized carbons (Fsp3) is 0.429. The Labute approximate surface area is 160 Å². The predicted octanol–water partition coefficient (Wildman–Crippen LogP) is 4.33. The van der Waals surface area contributed by atoms with Crippen molar-refractivity contribution in [3.8, 4) is 0 Å². The van der Waals surface area contributed by atoms with Gasteiger partial charge >= 0.3 is 0 Å². The number of pyridine rings is 1. The van der Waals surface area contributed by atoms with Gasteiger partial charge in [0, 0.05) is 24.5 Å². The molecule has 1 aromatic carbocycles. The summed E-state index contributed by atoms with van der Waals surface area (Å²) in [7, 11) is 4.19. The summed E-state index contributed by atoms with van der Waals surface area (Å²) in [5, 5.41) is 3.75. The Morgan fingerprint density at radius 3 is 2.65 bits per heavy atom. The van der Waals surface area contributed by atoms with Crippen molar-refractivity contribution in [2.75, 3.05) is 14.1 Å². The number of hydrogen-bond donors (Lipinski definition) is 1. The molecule has 138 valence electrons. The summed E-state index contributed by atoms with van der Waals surface area (Å²) in [4.78, 5) is 19.3. The molecule has 3 rings (SSSR count). The maximum atomic E-state index is 12.8. The molecule has 4 nitrogen and oxygen atoms in total. The molecule has 1 aliphatic carbocycles. The summed E-state index contributed by atoms with van der Waals surface area (Å²) in [6, 6.07) is 11.7. The lowest BCUT2D eigenvalue weighted by molar-refractivity contribution is 0.0845. The lowest BCUT2D eigenvalue weighted by Crippen LogP contribution is -2.46. The topological polar surface area (TPSA) is 45.2 Å². The first-order valence-corrected chi connectivity index (χ1v) is 9.57. The van der Waals surface area contributed by atoms with Crippen LogP contribution in [0, 0.1) is 5.92 Å². The summed E-state index contributed by atoms with van der Waals surface area (Å²) < 4.78 is 0. The SMILES string of the molecule is CN(C)C(c1cccnc1)C1CCCCC1NC(=O)c1ccccc1Cl. The molecule has 0 bridgehead atoms. The van der Waals surface area contributed by atoms with Crippen LogP contribution < -0.4 is 5.32 Å². The molecule has 3 unspecified atom stereocenters. The van der Waals surface area contributed by atoms with Gasteiger partial charge in [-0.3, -0.25) is 9.78 Å². The second-order valence-electron chi connectivity index (χ2n) is 7.20. The van der Waals surface area contributed by atoms with Gasteiger partial charge in [0.1, 0.15) is 0 Å². The Bertz CT molecular complexity index is 735. The van der Waals surface area contributed by atoms with Crippen molar-refractivity contribution in [1.29, 1.82) is 0 Å². The number of benzene rings is 1. The highest BCUT2D eigenvalue weighted by Crippen LogP contribution is 2.37. The highest BCUT2D eigenvalue weighted by atomic mass is 35.5. The van der Waals surface area contributed by atoms with Crippen LogP contribution in [0.2, 0.25) is 5.02 Å². The minimum Gasteiger partial charge on any atom is -0.349 e. The van der Waals surface area contributed by atoms with Crippen LogP contribution in [0.1, 0.15) is 47.6 Å². The Kier molecular flexibility index (Phi) is 6.28. The highest BCUT2D eigenvalue weighted by molar-refractivity contribution is 6.33. The van der Waals surface area contributed by atoms with Gasteiger partial charge in [-0.2, -0.15) is 0 Å². The van der Waals surface area contributed by atoms with Crippen LogP contribution in [-0.4, -0.2) is 35.9 Å². The second-order valence-corrected chi connectivity index (χ2v) is 7.61. The van der Waals surface area contributed by atoms with Gasteiger partial charge in [-0.15, -0.1) is 0 Å². The molecule has 3 atom stereocenters. The van der Waals surface area contributed by atoms with E-state index >= 15 is 0 Å². The molecule has 0 radical (unpaired) electrons. The third-order valence-electron chi connectivity index (χ3n) is 5.24. The normalized spacial score (nSPS) is 21.4. The fourth-order valence-electron chi connectivity index (χ4n) is 4.09. The van der Waals surface area contributed by atoms with Crippen LogP contribution in [0.25, 0.3) is 0 Å². The second kappa shape index (κ2) is 8.65. The van der Waals surface area contributed by atoms with E-state index in [9.17, 15) is 4.79 Å². The van der Waals surface area contributed by atoms with Crippen molar-refractivity contribution in [3.05, 3.63) is 64.9 Å². The van der Waals surface area contributed by atoms with Crippen molar-refractivity contribution in [2.24, 2.45) is 5.92 Å². The van der Waals surface area contributed by atoms with Gasteiger partial charge in [-0.1, -0.05) is 42.6 Å². The van der Waals surface area contributed by atoms with Crippen LogP contribution in [0.5, 0.6) is 0 Å². The molecule has 1 N–H and O–H groups in total. The lowest BCUT2D eigenvalue weighted by atomic mass is 9.77. The molecule has 1 fully saturated rings. The van der Waals surface area contributed by atoms with Crippen molar-refractivity contribution >= 4 is 17.5 Å². The third kappa shape index (κ3) is 4.25. The Hall–Kier alpha value is -1.91. The number of rotatable bonds is 5. The molecule has 2 aromatic rings. The quantitative estimate of drug-likeness (QED) is 0.850. The Morgan fingerprint density at radius 2 is 1.96 bits per heavy atom. The van der Waals surface area contributed by atoms with Gasteiger partial charge < -0.3 is 10.2 Å². The zero-order valence-corrected chi connectivity index (χ0v) is 16.1. The smallest absolute Gasteiger partial charge is 0.253 e. The van der Waals surface area contributed by atoms with Crippen LogP contribution in [0.4, 0.5) is 0 Å². The number of aromatic nitrogens is 1. The average molecular weight is 372 g/mol. The molecule has 1 aromatic heterocycles. The number of nitrogens with zero attached hydrogens (tertiary/aromatic N) is 2. The molecule has 0 spiro atoms. The standard InChI is InChI=1S/C21H26ClN3O/c1-25(2)20(15-8-7-13-23-14-15)17-10-4-6-12-19(17)24-21(26)16-9-3-5-11-18(16)22/h3,5,7-9,11,13-14,17,19-20H,4,6,10,12H2,1-2H3,(H,24,26). The van der Waals surface area contributed by atoms with E-state index in [1.807, 2.05) is 24.4 Å². The van der Waals surface area contributed by atoms with Crippen molar-refractivity contribution < 1.29 is 4.79 Å². The van der Waals surface area contributed by atoms with Gasteiger partial charge in [-0.05, 0) is 56.6 Å². The monoisotopic (exact) mass is 371 g/mol. The van der Waals surface area contributed by atoms with Crippen molar-refractivity contribution in [2.45, 2.75) is 37.8 Å². The predicted molar refractivity (Wildman–Crippen MR) is 105 cm³/mol. The molecular formula is C21H26ClN3O. The molecule has 26 heavy (non-hydrogen) atoms. The first-order valence-electron chi connectivity index (χ1n) is 9.19. The zero-order valence-electron chi connectivity index (χ0n) is 15.4. The van der Waals surface area contributed by atoms with E-state index in [4.69, 9.17) is 11.6 Å². The summed E-state index contributed by atoms with van der Waals surface area (Å²) in [5.74, 6) is 0.255. The lowest BCUT2D eigenvalue weighted by Gasteiger charge is -2.40. The maximum absolute atomic E-state index is 12.8. The van der Waals surface area contributed by atoms with Crippen LogP contribution in [0.3, 0.4) is 0 Å². The molecule has 1 amide bonds. The number of carbonyl (C=O) groups is 1. The van der Waals surface area contributed by atoms with E-state index < -0.39 is 0 Å². The number of hydrogen-bond acceptors (Lipinski definition) is 3. The van der Waals surface area contributed by atoms with Crippen molar-refractivity contribution in [1.82, 2.24) is 15.2 Å². The van der Waals surface area contributed by atoms with Crippen LogP contribution in [-0.2, 0) is 0 Å². The van der Waals surface area contributed by atoms with Crippen LogP contribution >= 0.6 is 11.6 Å². The first-order chi connectivity index (χ1) is 12.6. The van der Waals surface area contributed by atoms with E-state index in [2.05, 4.69) is 35.4 Å². The minimum absolute atomic E-state index is 0.0869. The number of halogens is 1. The Morgan fingerprint density at radius 1 is 1.19 bits per heavy atom. The fourth-order valence-corrected chi connectivity index (χ4v) is 4.31. The molecular weight excluding hydrogens is 346 g/mol. The molecule has 0 aliphatic heterocycles. The summed E-state index contributed by atoms with van der Waals surface area (Å²) in [6.45, 7) is 0. The first kappa shape index (κ1) is 18.9. The van der Waals surface area contributed by atoms with E-state index in [1.54, 1.807) is 18.3 Å². The van der Waals surface area contributed by atoms with Gasteiger partial charge in [0.15, 0.2) is 0 Å². The minimum atomic E-state index is -0.0869.